The average Bonchev–Trinajstić information content (AvgIpc) is 3.32. The van der Waals surface area contributed by atoms with Crippen molar-refractivity contribution >= 4 is 11.5 Å². The maximum Gasteiger partial charge on any atom is 0.165 e. The molecule has 4 rings (SSSR count). The number of hydrogen-bond donors (Lipinski definition) is 2. The molecule has 0 fully saturated rings. The number of hydrogen-bond acceptors (Lipinski definition) is 5. The zero-order valence-corrected chi connectivity index (χ0v) is 15.0. The molecule has 27 heavy (non-hydrogen) atoms. The summed E-state index contributed by atoms with van der Waals surface area (Å²) < 4.78 is 21.1. The second-order valence-corrected chi connectivity index (χ2v) is 6.11. The summed E-state index contributed by atoms with van der Waals surface area (Å²) in [5, 5.41) is 14.4. The predicted molar refractivity (Wildman–Crippen MR) is 100 cm³/mol. The number of nitrogens with one attached hydrogen (secondary N) is 2. The normalized spacial score (nSPS) is 12.3. The van der Waals surface area contributed by atoms with E-state index >= 15 is 0 Å². The minimum Gasteiger partial charge on any atom is -0.494 e. The van der Waals surface area contributed by atoms with Gasteiger partial charge in [0.25, 0.3) is 0 Å². The van der Waals surface area contributed by atoms with Crippen molar-refractivity contribution in [2.45, 2.75) is 19.9 Å². The molecule has 1 unspecified atom stereocenters. The van der Waals surface area contributed by atoms with Gasteiger partial charge in [-0.1, -0.05) is 0 Å². The van der Waals surface area contributed by atoms with Crippen LogP contribution in [-0.2, 0) is 0 Å². The molecular formula is C19H19FN6O. The Morgan fingerprint density at radius 3 is 2.96 bits per heavy atom. The number of benzene rings is 1. The molecule has 0 saturated carbocycles. The van der Waals surface area contributed by atoms with Crippen molar-refractivity contribution < 1.29 is 9.13 Å². The molecule has 7 nitrogen and oxygen atoms in total. The highest BCUT2D eigenvalue weighted by molar-refractivity contribution is 5.76. The highest BCUT2D eigenvalue weighted by Gasteiger charge is 2.15. The van der Waals surface area contributed by atoms with Crippen molar-refractivity contribution in [3.8, 4) is 16.9 Å². The van der Waals surface area contributed by atoms with Crippen LogP contribution in [0, 0.1) is 5.82 Å². The summed E-state index contributed by atoms with van der Waals surface area (Å²) in [6.07, 6.45) is 7.10. The monoisotopic (exact) mass is 366 g/mol. The second-order valence-electron chi connectivity index (χ2n) is 6.11. The van der Waals surface area contributed by atoms with Gasteiger partial charge in [-0.25, -0.2) is 13.9 Å². The van der Waals surface area contributed by atoms with Crippen LogP contribution in [-0.4, -0.2) is 31.4 Å². The molecule has 8 heteroatoms. The Morgan fingerprint density at radius 1 is 1.30 bits per heavy atom. The summed E-state index contributed by atoms with van der Waals surface area (Å²) in [5.41, 5.74) is 3.23. The Labute approximate surface area is 155 Å². The van der Waals surface area contributed by atoms with Crippen molar-refractivity contribution in [3.63, 3.8) is 0 Å². The van der Waals surface area contributed by atoms with Gasteiger partial charge in [-0.05, 0) is 38.1 Å². The quantitative estimate of drug-likeness (QED) is 0.542. The van der Waals surface area contributed by atoms with Gasteiger partial charge >= 0.3 is 0 Å². The number of ether oxygens (including phenoxy) is 1. The first kappa shape index (κ1) is 17.0. The molecule has 3 aromatic heterocycles. The highest BCUT2D eigenvalue weighted by Crippen LogP contribution is 2.29. The fourth-order valence-electron chi connectivity index (χ4n) is 3.00. The third-order valence-electron chi connectivity index (χ3n) is 4.28. The Balaban J connectivity index is 1.66. The first-order valence-corrected chi connectivity index (χ1v) is 8.68. The molecule has 0 aliphatic rings. The van der Waals surface area contributed by atoms with Crippen LogP contribution in [0.1, 0.15) is 25.5 Å². The van der Waals surface area contributed by atoms with Crippen molar-refractivity contribution in [2.75, 3.05) is 11.9 Å². The molecule has 0 amide bonds. The Hall–Kier alpha value is -3.42. The zero-order chi connectivity index (χ0) is 18.8. The van der Waals surface area contributed by atoms with E-state index in [9.17, 15) is 4.39 Å². The lowest BCUT2D eigenvalue weighted by molar-refractivity contribution is 0.334. The molecule has 0 aliphatic heterocycles. The number of aromatic amines is 1. The molecular weight excluding hydrogens is 347 g/mol. The van der Waals surface area contributed by atoms with Crippen LogP contribution in [0.2, 0.25) is 0 Å². The van der Waals surface area contributed by atoms with Crippen LogP contribution in [0.5, 0.6) is 5.75 Å². The van der Waals surface area contributed by atoms with E-state index in [0.29, 0.717) is 23.8 Å². The van der Waals surface area contributed by atoms with E-state index < -0.39 is 0 Å². The Bertz CT molecular complexity index is 1060. The van der Waals surface area contributed by atoms with Crippen LogP contribution < -0.4 is 10.1 Å². The molecule has 1 aromatic carbocycles. The van der Waals surface area contributed by atoms with Gasteiger partial charge in [0, 0.05) is 29.1 Å². The second kappa shape index (κ2) is 7.06. The Morgan fingerprint density at radius 2 is 2.19 bits per heavy atom. The molecule has 0 aliphatic carbocycles. The molecule has 0 saturated heterocycles. The fraction of sp³-hybridized carbons (Fsp3) is 0.211. The third-order valence-corrected chi connectivity index (χ3v) is 4.28. The molecule has 0 radical (unpaired) electrons. The van der Waals surface area contributed by atoms with E-state index in [-0.39, 0.29) is 11.9 Å². The van der Waals surface area contributed by atoms with E-state index in [1.54, 1.807) is 29.2 Å². The summed E-state index contributed by atoms with van der Waals surface area (Å²) in [7, 11) is 0. The number of anilines is 1. The van der Waals surface area contributed by atoms with Crippen LogP contribution in [0.15, 0.2) is 49.1 Å². The van der Waals surface area contributed by atoms with Crippen LogP contribution >= 0.6 is 0 Å². The van der Waals surface area contributed by atoms with E-state index in [2.05, 4.69) is 25.6 Å². The zero-order valence-electron chi connectivity index (χ0n) is 15.0. The van der Waals surface area contributed by atoms with Gasteiger partial charge in [0.1, 0.15) is 17.4 Å². The number of fused-ring (bicyclic) bond motifs is 1. The van der Waals surface area contributed by atoms with E-state index in [0.717, 1.165) is 16.7 Å². The molecule has 0 bridgehead atoms. The minimum atomic E-state index is -0.302. The summed E-state index contributed by atoms with van der Waals surface area (Å²) in [4.78, 5) is 4.67. The number of aromatic nitrogens is 5. The van der Waals surface area contributed by atoms with Crippen molar-refractivity contribution in [1.82, 2.24) is 24.8 Å². The van der Waals surface area contributed by atoms with Crippen molar-refractivity contribution in [2.24, 2.45) is 0 Å². The SMILES string of the molecule is CCOc1ccc(F)cc1C(C)Nc1ccn2ncc(-c3cn[nH]c3)c2n1. The van der Waals surface area contributed by atoms with Crippen molar-refractivity contribution in [3.05, 3.63) is 60.4 Å². The molecule has 3 heterocycles. The lowest BCUT2D eigenvalue weighted by Crippen LogP contribution is -2.11. The standard InChI is InChI=1S/C19H19FN6O/c1-3-27-17-5-4-14(20)8-15(17)12(2)24-18-6-7-26-19(25-18)16(11-23-26)13-9-21-22-10-13/h4-12H,3H2,1-2H3,(H,21,22)(H,24,25). The first-order chi connectivity index (χ1) is 13.2. The van der Waals surface area contributed by atoms with Gasteiger partial charge < -0.3 is 10.1 Å². The Kier molecular flexibility index (Phi) is 4.45. The van der Waals surface area contributed by atoms with Gasteiger partial charge in [0.15, 0.2) is 5.65 Å². The number of halogens is 1. The van der Waals surface area contributed by atoms with Crippen LogP contribution in [0.3, 0.4) is 0 Å². The van der Waals surface area contributed by atoms with Crippen LogP contribution in [0.25, 0.3) is 16.8 Å². The summed E-state index contributed by atoms with van der Waals surface area (Å²) in [6, 6.07) is 6.16. The molecule has 4 aromatic rings. The van der Waals surface area contributed by atoms with Gasteiger partial charge in [0.05, 0.1) is 25.0 Å². The van der Waals surface area contributed by atoms with E-state index in [1.807, 2.05) is 26.1 Å². The first-order valence-electron chi connectivity index (χ1n) is 8.68. The fourth-order valence-corrected chi connectivity index (χ4v) is 3.00. The number of H-pyrrole nitrogens is 1. The number of nitrogens with zero attached hydrogens (tertiary/aromatic N) is 4. The largest absolute Gasteiger partial charge is 0.494 e. The lowest BCUT2D eigenvalue weighted by Gasteiger charge is -2.18. The summed E-state index contributed by atoms with van der Waals surface area (Å²) >= 11 is 0. The van der Waals surface area contributed by atoms with Gasteiger partial charge in [-0.3, -0.25) is 5.10 Å². The minimum absolute atomic E-state index is 0.197. The van der Waals surface area contributed by atoms with E-state index in [1.165, 1.54) is 12.1 Å². The predicted octanol–water partition coefficient (Wildman–Crippen LogP) is 3.83. The van der Waals surface area contributed by atoms with Gasteiger partial charge in [-0.15, -0.1) is 0 Å². The van der Waals surface area contributed by atoms with Gasteiger partial charge in [0.2, 0.25) is 0 Å². The summed E-state index contributed by atoms with van der Waals surface area (Å²) in [6.45, 7) is 4.35. The molecule has 2 N–H and O–H groups in total. The van der Waals surface area contributed by atoms with E-state index in [4.69, 9.17) is 4.74 Å². The molecule has 0 spiro atoms. The molecule has 1 atom stereocenters. The average molecular weight is 366 g/mol. The topological polar surface area (TPSA) is 80.1 Å². The third kappa shape index (κ3) is 3.33. The lowest BCUT2D eigenvalue weighted by atomic mass is 10.1. The smallest absolute Gasteiger partial charge is 0.165 e. The van der Waals surface area contributed by atoms with Crippen molar-refractivity contribution in [1.29, 1.82) is 0 Å². The molecule has 138 valence electrons. The number of rotatable bonds is 6. The van der Waals surface area contributed by atoms with Crippen LogP contribution in [0.4, 0.5) is 10.2 Å². The highest BCUT2D eigenvalue weighted by atomic mass is 19.1. The summed E-state index contributed by atoms with van der Waals surface area (Å²) in [5.74, 6) is 1.01. The maximum atomic E-state index is 13.7. The van der Waals surface area contributed by atoms with Gasteiger partial charge in [-0.2, -0.15) is 10.2 Å². The maximum absolute atomic E-state index is 13.7.